The molecule has 0 amide bonds. The molecule has 0 aromatic rings. The molecular formula is C19H40IN5O2. The van der Waals surface area contributed by atoms with E-state index in [2.05, 4.69) is 39.4 Å². The molecule has 2 aliphatic rings. The fraction of sp³-hybridized carbons (Fsp3) is 0.947. The number of guanidine groups is 1. The Kier molecular flexibility index (Phi) is 14.5. The molecule has 27 heavy (non-hydrogen) atoms. The van der Waals surface area contributed by atoms with Gasteiger partial charge in [0.1, 0.15) is 0 Å². The smallest absolute Gasteiger partial charge is 0.191 e. The summed E-state index contributed by atoms with van der Waals surface area (Å²) in [5.41, 5.74) is 0. The minimum absolute atomic E-state index is 0. The molecule has 0 bridgehead atoms. The lowest BCUT2D eigenvalue weighted by Crippen LogP contribution is -2.44. The van der Waals surface area contributed by atoms with Crippen LogP contribution >= 0.6 is 24.0 Å². The number of unbranched alkanes of at least 4 members (excludes halogenated alkanes) is 1. The molecule has 0 spiro atoms. The molecule has 2 fully saturated rings. The van der Waals surface area contributed by atoms with Crippen molar-refractivity contribution < 1.29 is 9.47 Å². The van der Waals surface area contributed by atoms with Crippen molar-refractivity contribution in [2.24, 2.45) is 4.99 Å². The number of hydrogen-bond acceptors (Lipinski definition) is 5. The van der Waals surface area contributed by atoms with Gasteiger partial charge in [-0.3, -0.25) is 4.99 Å². The zero-order valence-corrected chi connectivity index (χ0v) is 19.6. The molecule has 0 radical (unpaired) electrons. The second-order valence-corrected chi connectivity index (χ2v) is 7.25. The highest BCUT2D eigenvalue weighted by Crippen LogP contribution is 2.08. The third-order valence-electron chi connectivity index (χ3n) is 4.95. The maximum atomic E-state index is 5.78. The van der Waals surface area contributed by atoms with Gasteiger partial charge in [0.25, 0.3) is 0 Å². The summed E-state index contributed by atoms with van der Waals surface area (Å²) in [6, 6.07) is 0. The molecule has 1 unspecified atom stereocenters. The van der Waals surface area contributed by atoms with Crippen LogP contribution in [0.4, 0.5) is 0 Å². The first-order valence-corrected chi connectivity index (χ1v) is 10.4. The number of nitrogens with one attached hydrogen (secondary N) is 2. The van der Waals surface area contributed by atoms with Gasteiger partial charge >= 0.3 is 0 Å². The van der Waals surface area contributed by atoms with Gasteiger partial charge in [0, 0.05) is 59.0 Å². The highest BCUT2D eigenvalue weighted by Gasteiger charge is 2.15. The van der Waals surface area contributed by atoms with Crippen LogP contribution in [0.25, 0.3) is 0 Å². The number of nitrogens with zero attached hydrogens (tertiary/aromatic N) is 3. The molecule has 0 saturated carbocycles. The second-order valence-electron chi connectivity index (χ2n) is 7.25. The molecule has 8 heteroatoms. The molecule has 0 aromatic carbocycles. The normalized spacial score (nSPS) is 21.9. The lowest BCUT2D eigenvalue weighted by atomic mass is 10.2. The van der Waals surface area contributed by atoms with E-state index in [1.807, 2.05) is 0 Å². The van der Waals surface area contributed by atoms with Crippen molar-refractivity contribution in [1.82, 2.24) is 20.4 Å². The molecule has 160 valence electrons. The van der Waals surface area contributed by atoms with E-state index in [1.54, 1.807) is 0 Å². The predicted octanol–water partition coefficient (Wildman–Crippen LogP) is 1.38. The highest BCUT2D eigenvalue weighted by atomic mass is 127. The van der Waals surface area contributed by atoms with Gasteiger partial charge in [0.05, 0.1) is 12.7 Å². The number of piperazine rings is 1. The van der Waals surface area contributed by atoms with Gasteiger partial charge in [-0.15, -0.1) is 24.0 Å². The van der Waals surface area contributed by atoms with Gasteiger partial charge in [-0.1, -0.05) is 0 Å². The first-order valence-electron chi connectivity index (χ1n) is 10.4. The molecule has 2 aliphatic heterocycles. The van der Waals surface area contributed by atoms with E-state index in [9.17, 15) is 0 Å². The minimum Gasteiger partial charge on any atom is -0.379 e. The standard InChI is InChI=1S/C19H39N5O2.HI/c1-3-20-19(22-9-6-15-26-18-7-16-25-17-18)21-8-4-5-10-24-13-11-23(2)12-14-24;/h18H,3-17H2,1-2H3,(H2,20,21,22);1H. The van der Waals surface area contributed by atoms with Crippen molar-refractivity contribution in [3.63, 3.8) is 0 Å². The molecule has 2 heterocycles. The largest absolute Gasteiger partial charge is 0.379 e. The Balaban J connectivity index is 0.00000364. The molecule has 1 atom stereocenters. The van der Waals surface area contributed by atoms with Gasteiger partial charge in [0.15, 0.2) is 5.96 Å². The molecule has 2 N–H and O–H groups in total. The predicted molar refractivity (Wildman–Crippen MR) is 122 cm³/mol. The van der Waals surface area contributed by atoms with Crippen molar-refractivity contribution in [1.29, 1.82) is 0 Å². The van der Waals surface area contributed by atoms with Gasteiger partial charge in [-0.05, 0) is 46.2 Å². The Hall–Kier alpha value is -0.160. The van der Waals surface area contributed by atoms with E-state index in [4.69, 9.17) is 9.47 Å². The van der Waals surface area contributed by atoms with Crippen molar-refractivity contribution in [2.75, 3.05) is 79.2 Å². The second kappa shape index (κ2) is 15.7. The Labute approximate surface area is 182 Å². The molecule has 0 aromatic heterocycles. The summed E-state index contributed by atoms with van der Waals surface area (Å²) in [6.45, 7) is 13.2. The van der Waals surface area contributed by atoms with Crippen LogP contribution in [0.3, 0.4) is 0 Å². The zero-order valence-electron chi connectivity index (χ0n) is 17.3. The molecular weight excluding hydrogens is 457 g/mol. The maximum Gasteiger partial charge on any atom is 0.191 e. The Morgan fingerprint density at radius 3 is 2.67 bits per heavy atom. The fourth-order valence-corrected chi connectivity index (χ4v) is 3.23. The Morgan fingerprint density at radius 2 is 1.96 bits per heavy atom. The molecule has 7 nitrogen and oxygen atoms in total. The number of likely N-dealkylation sites (N-methyl/N-ethyl adjacent to an activating group) is 1. The zero-order chi connectivity index (χ0) is 18.5. The summed E-state index contributed by atoms with van der Waals surface area (Å²) in [5.74, 6) is 0.927. The average molecular weight is 497 g/mol. The summed E-state index contributed by atoms with van der Waals surface area (Å²) >= 11 is 0. The monoisotopic (exact) mass is 497 g/mol. The van der Waals surface area contributed by atoms with E-state index in [1.165, 1.54) is 45.6 Å². The molecule has 2 saturated heterocycles. The topological polar surface area (TPSA) is 61.4 Å². The van der Waals surface area contributed by atoms with Crippen LogP contribution in [0, 0.1) is 0 Å². The number of aliphatic imine (C=N–C) groups is 1. The van der Waals surface area contributed by atoms with Crippen LogP contribution in [-0.2, 0) is 9.47 Å². The third kappa shape index (κ3) is 11.4. The van der Waals surface area contributed by atoms with Crippen molar-refractivity contribution in [3.05, 3.63) is 0 Å². The van der Waals surface area contributed by atoms with Crippen molar-refractivity contribution in [3.8, 4) is 0 Å². The van der Waals surface area contributed by atoms with Crippen LogP contribution in [0.1, 0.15) is 32.6 Å². The van der Waals surface area contributed by atoms with Crippen molar-refractivity contribution in [2.45, 2.75) is 38.7 Å². The van der Waals surface area contributed by atoms with Crippen LogP contribution in [-0.4, -0.2) is 101 Å². The maximum absolute atomic E-state index is 5.78. The SMILES string of the molecule is CCNC(=NCCCOC1CCOC1)NCCCCN1CCN(C)CC1.I. The van der Waals surface area contributed by atoms with Gasteiger partial charge in [-0.2, -0.15) is 0 Å². The first-order chi connectivity index (χ1) is 12.8. The average Bonchev–Trinajstić information content (AvgIpc) is 3.16. The van der Waals surface area contributed by atoms with E-state index >= 15 is 0 Å². The molecule has 2 rings (SSSR count). The third-order valence-corrected chi connectivity index (χ3v) is 4.95. The van der Waals surface area contributed by atoms with Crippen LogP contribution in [0.5, 0.6) is 0 Å². The lowest BCUT2D eigenvalue weighted by molar-refractivity contribution is 0.0424. The van der Waals surface area contributed by atoms with Crippen molar-refractivity contribution >= 4 is 29.9 Å². The number of ether oxygens (including phenoxy) is 2. The summed E-state index contributed by atoms with van der Waals surface area (Å²) in [4.78, 5) is 9.63. The summed E-state index contributed by atoms with van der Waals surface area (Å²) in [5, 5.41) is 6.77. The van der Waals surface area contributed by atoms with E-state index in [0.717, 1.165) is 58.3 Å². The van der Waals surface area contributed by atoms with Gasteiger partial charge in [-0.25, -0.2) is 0 Å². The van der Waals surface area contributed by atoms with Gasteiger partial charge in [0.2, 0.25) is 0 Å². The first kappa shape index (κ1) is 24.9. The lowest BCUT2D eigenvalue weighted by Gasteiger charge is -2.32. The quantitative estimate of drug-likeness (QED) is 0.195. The summed E-state index contributed by atoms with van der Waals surface area (Å²) < 4.78 is 11.1. The van der Waals surface area contributed by atoms with E-state index in [-0.39, 0.29) is 24.0 Å². The Bertz CT molecular complexity index is 386. The number of halogens is 1. The summed E-state index contributed by atoms with van der Waals surface area (Å²) in [7, 11) is 2.21. The highest BCUT2D eigenvalue weighted by molar-refractivity contribution is 14.0. The minimum atomic E-state index is 0. The van der Waals surface area contributed by atoms with Crippen LogP contribution in [0.15, 0.2) is 4.99 Å². The number of hydrogen-bond donors (Lipinski definition) is 2. The van der Waals surface area contributed by atoms with Crippen LogP contribution in [0.2, 0.25) is 0 Å². The summed E-state index contributed by atoms with van der Waals surface area (Å²) in [6.07, 6.45) is 4.71. The van der Waals surface area contributed by atoms with E-state index in [0.29, 0.717) is 6.10 Å². The van der Waals surface area contributed by atoms with Gasteiger partial charge < -0.3 is 29.9 Å². The Morgan fingerprint density at radius 1 is 1.15 bits per heavy atom. The number of rotatable bonds is 11. The fourth-order valence-electron chi connectivity index (χ4n) is 3.23. The van der Waals surface area contributed by atoms with E-state index < -0.39 is 0 Å². The molecule has 0 aliphatic carbocycles. The van der Waals surface area contributed by atoms with Crippen LogP contribution < -0.4 is 10.6 Å².